The van der Waals surface area contributed by atoms with Crippen LogP contribution in [0.5, 0.6) is 0 Å². The maximum atomic E-state index is 13.3. The Morgan fingerprint density at radius 1 is 1.42 bits per heavy atom. The summed E-state index contributed by atoms with van der Waals surface area (Å²) in [5, 5.41) is -0.395. The molecule has 2 rings (SSSR count). The molecule has 1 saturated heterocycles. The highest BCUT2D eigenvalue weighted by Crippen LogP contribution is 2.16. The van der Waals surface area contributed by atoms with E-state index in [2.05, 4.69) is 4.90 Å². The molecule has 1 aliphatic heterocycles. The van der Waals surface area contributed by atoms with Crippen LogP contribution in [-0.2, 0) is 6.54 Å². The Hall–Kier alpha value is -1.13. The third kappa shape index (κ3) is 3.67. The zero-order chi connectivity index (χ0) is 14.0. The van der Waals surface area contributed by atoms with Gasteiger partial charge in [-0.3, -0.25) is 9.69 Å². The predicted octanol–water partition coefficient (Wildman–Crippen LogP) is 3.00. The molecule has 1 aliphatic rings. The smallest absolute Gasteiger partial charge is 0.316 e. The lowest BCUT2D eigenvalue weighted by Gasteiger charge is -2.38. The third-order valence-corrected chi connectivity index (χ3v) is 3.66. The highest BCUT2D eigenvalue weighted by atomic mass is 35.5. The van der Waals surface area contributed by atoms with Crippen LogP contribution in [-0.4, -0.2) is 40.8 Å². The number of aryl methyl sites for hydroxylation is 1. The monoisotopic (exact) mass is 284 g/mol. The molecule has 1 atom stereocenters. The lowest BCUT2D eigenvalue weighted by atomic mass is 10.1. The van der Waals surface area contributed by atoms with E-state index in [4.69, 9.17) is 11.6 Å². The predicted molar refractivity (Wildman–Crippen MR) is 73.8 cm³/mol. The Bertz CT molecular complexity index is 460. The number of benzene rings is 1. The fourth-order valence-corrected chi connectivity index (χ4v) is 2.85. The first-order chi connectivity index (χ1) is 8.95. The first-order valence-electron chi connectivity index (χ1n) is 6.40. The number of carbonyl (C=O) groups is 1. The molecule has 5 heteroatoms. The number of halogens is 2. The van der Waals surface area contributed by atoms with Gasteiger partial charge in [-0.2, -0.15) is 0 Å². The summed E-state index contributed by atoms with van der Waals surface area (Å²) in [4.78, 5) is 15.1. The zero-order valence-corrected chi connectivity index (χ0v) is 12.0. The highest BCUT2D eigenvalue weighted by molar-refractivity contribution is 6.62. The average Bonchev–Trinajstić information content (AvgIpc) is 2.26. The Balaban J connectivity index is 1.99. The van der Waals surface area contributed by atoms with Crippen molar-refractivity contribution in [3.8, 4) is 0 Å². The summed E-state index contributed by atoms with van der Waals surface area (Å²) in [6.07, 6.45) is 0. The SMILES string of the molecule is Cc1cc(F)cc(CN2CCN(C(=O)Cl)[C@H](C)C2)c1. The molecular weight excluding hydrogens is 267 g/mol. The lowest BCUT2D eigenvalue weighted by molar-refractivity contribution is 0.109. The van der Waals surface area contributed by atoms with E-state index in [9.17, 15) is 9.18 Å². The molecule has 0 unspecified atom stereocenters. The molecule has 0 spiro atoms. The van der Waals surface area contributed by atoms with Crippen LogP contribution in [0.15, 0.2) is 18.2 Å². The van der Waals surface area contributed by atoms with Gasteiger partial charge in [-0.05, 0) is 48.7 Å². The van der Waals surface area contributed by atoms with Gasteiger partial charge in [-0.25, -0.2) is 4.39 Å². The molecule has 1 aromatic carbocycles. The topological polar surface area (TPSA) is 23.6 Å². The average molecular weight is 285 g/mol. The number of rotatable bonds is 2. The Morgan fingerprint density at radius 3 is 2.74 bits per heavy atom. The molecule has 0 bridgehead atoms. The third-order valence-electron chi connectivity index (χ3n) is 3.45. The van der Waals surface area contributed by atoms with Gasteiger partial charge in [0, 0.05) is 32.2 Å². The Kier molecular flexibility index (Phi) is 4.42. The van der Waals surface area contributed by atoms with Crippen LogP contribution in [0.1, 0.15) is 18.1 Å². The first-order valence-corrected chi connectivity index (χ1v) is 6.78. The van der Waals surface area contributed by atoms with Crippen molar-refractivity contribution in [2.75, 3.05) is 19.6 Å². The van der Waals surface area contributed by atoms with Crippen molar-refractivity contribution >= 4 is 17.0 Å². The van der Waals surface area contributed by atoms with Crippen molar-refractivity contribution < 1.29 is 9.18 Å². The minimum absolute atomic E-state index is 0.0911. The second kappa shape index (κ2) is 5.88. The van der Waals surface area contributed by atoms with E-state index in [0.717, 1.165) is 24.2 Å². The van der Waals surface area contributed by atoms with E-state index in [1.54, 1.807) is 11.0 Å². The van der Waals surface area contributed by atoms with E-state index in [1.807, 2.05) is 19.9 Å². The van der Waals surface area contributed by atoms with Gasteiger partial charge in [0.1, 0.15) is 5.82 Å². The number of hydrogen-bond acceptors (Lipinski definition) is 2. The standard InChI is InChI=1S/C14H18ClFN2O/c1-10-5-12(7-13(16)6-10)9-17-3-4-18(14(15)19)11(2)8-17/h5-7,11H,3-4,8-9H2,1-2H3/t11-/m1/s1. The van der Waals surface area contributed by atoms with Gasteiger partial charge in [0.05, 0.1) is 0 Å². The van der Waals surface area contributed by atoms with Crippen molar-refractivity contribution in [1.29, 1.82) is 0 Å². The van der Waals surface area contributed by atoms with Crippen molar-refractivity contribution in [2.24, 2.45) is 0 Å². The molecule has 3 nitrogen and oxygen atoms in total. The van der Waals surface area contributed by atoms with Gasteiger partial charge in [0.2, 0.25) is 0 Å². The molecule has 0 aliphatic carbocycles. The van der Waals surface area contributed by atoms with Gasteiger partial charge in [-0.15, -0.1) is 0 Å². The number of piperazine rings is 1. The van der Waals surface area contributed by atoms with Crippen molar-refractivity contribution in [3.05, 3.63) is 35.1 Å². The first kappa shape index (κ1) is 14.3. The van der Waals surface area contributed by atoms with E-state index < -0.39 is 5.37 Å². The maximum absolute atomic E-state index is 13.3. The molecule has 0 radical (unpaired) electrons. The van der Waals surface area contributed by atoms with Crippen LogP contribution < -0.4 is 0 Å². The van der Waals surface area contributed by atoms with E-state index in [1.165, 1.54) is 6.07 Å². The van der Waals surface area contributed by atoms with Gasteiger partial charge in [-0.1, -0.05) is 6.07 Å². The molecule has 19 heavy (non-hydrogen) atoms. The molecule has 1 amide bonds. The summed E-state index contributed by atoms with van der Waals surface area (Å²) in [7, 11) is 0. The van der Waals surface area contributed by atoms with Gasteiger partial charge in [0.25, 0.3) is 0 Å². The summed E-state index contributed by atoms with van der Waals surface area (Å²) in [6.45, 7) is 6.71. The van der Waals surface area contributed by atoms with Crippen LogP contribution in [0, 0.1) is 12.7 Å². The normalized spacial score (nSPS) is 20.6. The second-order valence-electron chi connectivity index (χ2n) is 5.17. The maximum Gasteiger partial charge on any atom is 0.316 e. The number of nitrogens with zero attached hydrogens (tertiary/aromatic N) is 2. The van der Waals surface area contributed by atoms with Crippen molar-refractivity contribution in [1.82, 2.24) is 9.80 Å². The van der Waals surface area contributed by atoms with Crippen molar-refractivity contribution in [3.63, 3.8) is 0 Å². The lowest BCUT2D eigenvalue weighted by Crippen LogP contribution is -2.52. The quantitative estimate of drug-likeness (QED) is 0.616. The second-order valence-corrected chi connectivity index (χ2v) is 5.49. The number of hydrogen-bond donors (Lipinski definition) is 0. The minimum Gasteiger partial charge on any atom is -0.324 e. The van der Waals surface area contributed by atoms with Crippen LogP contribution in [0.2, 0.25) is 0 Å². The largest absolute Gasteiger partial charge is 0.324 e. The van der Waals surface area contributed by atoms with Crippen LogP contribution >= 0.6 is 11.6 Å². The van der Waals surface area contributed by atoms with E-state index in [-0.39, 0.29) is 11.9 Å². The summed E-state index contributed by atoms with van der Waals surface area (Å²) in [5.41, 5.74) is 1.90. The molecule has 0 aromatic heterocycles. The van der Waals surface area contributed by atoms with E-state index in [0.29, 0.717) is 13.1 Å². The molecule has 1 heterocycles. The Morgan fingerprint density at radius 2 is 2.16 bits per heavy atom. The molecule has 0 saturated carbocycles. The number of carbonyl (C=O) groups excluding carboxylic acids is 1. The van der Waals surface area contributed by atoms with Crippen molar-refractivity contribution in [2.45, 2.75) is 26.4 Å². The van der Waals surface area contributed by atoms with Gasteiger partial charge >= 0.3 is 5.37 Å². The fourth-order valence-electron chi connectivity index (χ4n) is 2.60. The molecule has 1 fully saturated rings. The summed E-state index contributed by atoms with van der Waals surface area (Å²) in [5.74, 6) is -0.197. The summed E-state index contributed by atoms with van der Waals surface area (Å²) < 4.78 is 13.3. The highest BCUT2D eigenvalue weighted by Gasteiger charge is 2.26. The molecule has 0 N–H and O–H groups in total. The molecule has 1 aromatic rings. The van der Waals surface area contributed by atoms with Crippen LogP contribution in [0.4, 0.5) is 9.18 Å². The van der Waals surface area contributed by atoms with Crippen LogP contribution in [0.3, 0.4) is 0 Å². The van der Waals surface area contributed by atoms with Crippen LogP contribution in [0.25, 0.3) is 0 Å². The minimum atomic E-state index is -0.395. The zero-order valence-electron chi connectivity index (χ0n) is 11.2. The molecule has 104 valence electrons. The Labute approximate surface area is 117 Å². The van der Waals surface area contributed by atoms with Gasteiger partial charge in [0.15, 0.2) is 0 Å². The number of amides is 1. The summed E-state index contributed by atoms with van der Waals surface area (Å²) >= 11 is 5.52. The van der Waals surface area contributed by atoms with E-state index >= 15 is 0 Å². The summed E-state index contributed by atoms with van der Waals surface area (Å²) in [6, 6.07) is 5.17. The van der Waals surface area contributed by atoms with Gasteiger partial charge < -0.3 is 4.90 Å². The fraction of sp³-hybridized carbons (Fsp3) is 0.500. The molecular formula is C14H18ClFN2O.